The number of rotatable bonds is 2. The summed E-state index contributed by atoms with van der Waals surface area (Å²) in [5, 5.41) is 6.18. The first-order chi connectivity index (χ1) is 12.1. The van der Waals surface area contributed by atoms with Crippen LogP contribution in [-0.2, 0) is 4.79 Å². The smallest absolute Gasteiger partial charge is 0.290 e. The zero-order valence-electron chi connectivity index (χ0n) is 13.8. The van der Waals surface area contributed by atoms with Crippen molar-refractivity contribution in [2.24, 2.45) is 0 Å². The summed E-state index contributed by atoms with van der Waals surface area (Å²) in [5.41, 5.74) is 1.40. The number of nitrogens with zero attached hydrogens (tertiary/aromatic N) is 5. The van der Waals surface area contributed by atoms with Gasteiger partial charge in [0, 0.05) is 31.4 Å². The maximum absolute atomic E-state index is 11.7. The van der Waals surface area contributed by atoms with Crippen LogP contribution in [0.3, 0.4) is 0 Å². The molecule has 0 atom stereocenters. The number of imide groups is 1. The van der Waals surface area contributed by atoms with Crippen molar-refractivity contribution in [2.75, 3.05) is 38.1 Å². The van der Waals surface area contributed by atoms with Crippen molar-refractivity contribution < 1.29 is 9.59 Å². The Balaban J connectivity index is 1.67. The van der Waals surface area contributed by atoms with Crippen LogP contribution in [0.5, 0.6) is 0 Å². The van der Waals surface area contributed by atoms with E-state index in [1.54, 1.807) is 16.8 Å². The number of nitrogens with one attached hydrogen (secondary N) is 1. The summed E-state index contributed by atoms with van der Waals surface area (Å²) in [6.07, 6.45) is 6.30. The second-order valence-electron chi connectivity index (χ2n) is 6.15. The van der Waals surface area contributed by atoms with Gasteiger partial charge in [0.05, 0.1) is 11.1 Å². The molecule has 2 aliphatic heterocycles. The fourth-order valence-electron chi connectivity index (χ4n) is 2.99. The number of aromatic nitrogens is 3. The Bertz CT molecular complexity index is 877. The largest absolute Gasteiger partial charge is 0.355 e. The maximum Gasteiger partial charge on any atom is 0.290 e. The number of anilines is 1. The van der Waals surface area contributed by atoms with E-state index in [9.17, 15) is 9.59 Å². The number of hydrogen-bond donors (Lipinski definition) is 1. The molecule has 2 fully saturated rings. The van der Waals surface area contributed by atoms with Gasteiger partial charge in [-0.1, -0.05) is 0 Å². The SMILES string of the molecule is CN1CCCN(c2ccn3ncc(/C=C4\SC(=O)NC4=O)c3n2)CC1. The molecule has 0 bridgehead atoms. The van der Waals surface area contributed by atoms with Crippen LogP contribution in [-0.4, -0.2) is 63.9 Å². The first-order valence-corrected chi connectivity index (χ1v) is 8.94. The number of carbonyl (C=O) groups excluding carboxylic acids is 2. The summed E-state index contributed by atoms with van der Waals surface area (Å²) in [6, 6.07) is 1.96. The molecular weight excluding hydrogens is 340 g/mol. The van der Waals surface area contributed by atoms with Crippen LogP contribution >= 0.6 is 11.8 Å². The van der Waals surface area contributed by atoms with Crippen LogP contribution in [0.2, 0.25) is 0 Å². The van der Waals surface area contributed by atoms with Gasteiger partial charge in [-0.3, -0.25) is 14.9 Å². The van der Waals surface area contributed by atoms with Crippen LogP contribution in [0.25, 0.3) is 11.7 Å². The molecule has 0 radical (unpaired) electrons. The Labute approximate surface area is 148 Å². The Hall–Kier alpha value is -2.39. The maximum atomic E-state index is 11.7. The van der Waals surface area contributed by atoms with Gasteiger partial charge in [-0.15, -0.1) is 0 Å². The molecule has 2 aromatic rings. The van der Waals surface area contributed by atoms with E-state index < -0.39 is 0 Å². The van der Waals surface area contributed by atoms with Gasteiger partial charge >= 0.3 is 0 Å². The minimum atomic E-state index is -0.374. The first-order valence-electron chi connectivity index (χ1n) is 8.13. The molecule has 0 unspecified atom stereocenters. The lowest BCUT2D eigenvalue weighted by atomic mass is 10.3. The van der Waals surface area contributed by atoms with E-state index in [1.165, 1.54) is 0 Å². The molecule has 130 valence electrons. The normalized spacial score (nSPS) is 21.2. The molecule has 0 saturated carbocycles. The van der Waals surface area contributed by atoms with Gasteiger partial charge in [0.2, 0.25) is 0 Å². The molecule has 2 amide bonds. The molecule has 2 aromatic heterocycles. The van der Waals surface area contributed by atoms with Gasteiger partial charge in [-0.2, -0.15) is 5.10 Å². The van der Waals surface area contributed by atoms with E-state index >= 15 is 0 Å². The Morgan fingerprint density at radius 3 is 2.92 bits per heavy atom. The molecule has 9 heteroatoms. The first kappa shape index (κ1) is 16.1. The van der Waals surface area contributed by atoms with Gasteiger partial charge in [-0.25, -0.2) is 9.50 Å². The van der Waals surface area contributed by atoms with E-state index in [0.717, 1.165) is 55.7 Å². The Morgan fingerprint density at radius 2 is 2.12 bits per heavy atom. The molecule has 4 rings (SSSR count). The summed E-state index contributed by atoms with van der Waals surface area (Å²) >= 11 is 0.896. The second-order valence-corrected chi connectivity index (χ2v) is 7.16. The third-order valence-corrected chi connectivity index (χ3v) is 5.16. The number of fused-ring (bicyclic) bond motifs is 1. The lowest BCUT2D eigenvalue weighted by molar-refractivity contribution is -0.115. The highest BCUT2D eigenvalue weighted by atomic mass is 32.2. The van der Waals surface area contributed by atoms with Crippen molar-refractivity contribution in [3.05, 3.63) is 28.9 Å². The zero-order valence-corrected chi connectivity index (χ0v) is 14.6. The molecule has 8 nitrogen and oxygen atoms in total. The van der Waals surface area contributed by atoms with Crippen molar-refractivity contribution in [1.82, 2.24) is 24.8 Å². The number of likely N-dealkylation sites (N-methyl/N-ethyl adjacent to an activating group) is 1. The van der Waals surface area contributed by atoms with Crippen molar-refractivity contribution >= 4 is 40.4 Å². The minimum Gasteiger partial charge on any atom is -0.355 e. The molecule has 0 aromatic carbocycles. The van der Waals surface area contributed by atoms with Gasteiger partial charge in [0.15, 0.2) is 5.65 Å². The van der Waals surface area contributed by atoms with E-state index in [0.29, 0.717) is 10.6 Å². The summed E-state index contributed by atoms with van der Waals surface area (Å²) in [5.74, 6) is 0.531. The summed E-state index contributed by atoms with van der Waals surface area (Å²) in [4.78, 5) is 32.8. The molecule has 4 heterocycles. The average molecular weight is 358 g/mol. The van der Waals surface area contributed by atoms with E-state index in [1.807, 2.05) is 12.3 Å². The molecule has 25 heavy (non-hydrogen) atoms. The minimum absolute atomic E-state index is 0.352. The lowest BCUT2D eigenvalue weighted by Gasteiger charge is -2.21. The van der Waals surface area contributed by atoms with Crippen LogP contribution < -0.4 is 10.2 Å². The van der Waals surface area contributed by atoms with Crippen molar-refractivity contribution in [2.45, 2.75) is 6.42 Å². The highest BCUT2D eigenvalue weighted by Gasteiger charge is 2.25. The van der Waals surface area contributed by atoms with Crippen LogP contribution in [0.15, 0.2) is 23.4 Å². The highest BCUT2D eigenvalue weighted by Crippen LogP contribution is 2.27. The van der Waals surface area contributed by atoms with Gasteiger partial charge in [0.1, 0.15) is 5.82 Å². The highest BCUT2D eigenvalue weighted by molar-refractivity contribution is 8.18. The Morgan fingerprint density at radius 1 is 1.24 bits per heavy atom. The fraction of sp³-hybridized carbons (Fsp3) is 0.375. The van der Waals surface area contributed by atoms with Gasteiger partial charge in [-0.05, 0) is 43.9 Å². The monoisotopic (exact) mass is 358 g/mol. The third-order valence-electron chi connectivity index (χ3n) is 4.35. The molecule has 1 N–H and O–H groups in total. The quantitative estimate of drug-likeness (QED) is 0.808. The average Bonchev–Trinajstić information content (AvgIpc) is 3.04. The lowest BCUT2D eigenvalue weighted by Crippen LogP contribution is -2.29. The summed E-state index contributed by atoms with van der Waals surface area (Å²) < 4.78 is 1.68. The summed E-state index contributed by atoms with van der Waals surface area (Å²) in [7, 11) is 2.13. The third kappa shape index (κ3) is 3.24. The molecule has 0 aliphatic carbocycles. The van der Waals surface area contributed by atoms with E-state index in [-0.39, 0.29) is 11.1 Å². The predicted octanol–water partition coefficient (Wildman–Crippen LogP) is 1.20. The Kier molecular flexibility index (Phi) is 4.18. The second kappa shape index (κ2) is 6.49. The van der Waals surface area contributed by atoms with Crippen LogP contribution in [0.4, 0.5) is 10.6 Å². The topological polar surface area (TPSA) is 82.8 Å². The standard InChI is InChI=1S/C16H18N6O2S/c1-20-4-2-5-21(8-7-20)13-3-6-22-14(18-13)11(10-17-22)9-12-15(23)19-16(24)25-12/h3,6,9-10H,2,4-5,7-8H2,1H3,(H,19,23,24)/b12-9-. The van der Waals surface area contributed by atoms with Crippen LogP contribution in [0, 0.1) is 0 Å². The predicted molar refractivity (Wildman–Crippen MR) is 96.4 cm³/mol. The summed E-state index contributed by atoms with van der Waals surface area (Å²) in [6.45, 7) is 3.98. The molecule has 2 saturated heterocycles. The number of thioether (sulfide) groups is 1. The van der Waals surface area contributed by atoms with Crippen molar-refractivity contribution in [1.29, 1.82) is 0 Å². The van der Waals surface area contributed by atoms with Gasteiger partial charge < -0.3 is 9.80 Å². The molecule has 0 spiro atoms. The number of amides is 2. The number of hydrogen-bond acceptors (Lipinski definition) is 7. The van der Waals surface area contributed by atoms with Crippen molar-refractivity contribution in [3.8, 4) is 0 Å². The number of carbonyl (C=O) groups is 2. The molecule has 2 aliphatic rings. The van der Waals surface area contributed by atoms with Crippen LogP contribution in [0.1, 0.15) is 12.0 Å². The molecular formula is C16H18N6O2S. The fourth-order valence-corrected chi connectivity index (χ4v) is 3.67. The van der Waals surface area contributed by atoms with Gasteiger partial charge in [0.25, 0.3) is 11.1 Å². The zero-order chi connectivity index (χ0) is 17.4. The van der Waals surface area contributed by atoms with E-state index in [4.69, 9.17) is 4.98 Å². The van der Waals surface area contributed by atoms with Crippen molar-refractivity contribution in [3.63, 3.8) is 0 Å². The van der Waals surface area contributed by atoms with E-state index in [2.05, 4.69) is 27.3 Å².